The molecule has 0 unspecified atom stereocenters. The van der Waals surface area contributed by atoms with E-state index in [1.165, 1.54) is 32.1 Å². The summed E-state index contributed by atoms with van der Waals surface area (Å²) in [5.74, 6) is 3.72. The van der Waals surface area contributed by atoms with E-state index in [0.29, 0.717) is 17.9 Å². The van der Waals surface area contributed by atoms with Gasteiger partial charge in [-0.3, -0.25) is 0 Å². The lowest BCUT2D eigenvalue weighted by Crippen LogP contribution is -2.25. The molecule has 0 spiro atoms. The minimum Gasteiger partial charge on any atom is -0.339 e. The van der Waals surface area contributed by atoms with E-state index in [1.807, 2.05) is 0 Å². The monoisotopic (exact) mass is 277 g/mol. The summed E-state index contributed by atoms with van der Waals surface area (Å²) in [6, 6.07) is 0.373. The highest BCUT2D eigenvalue weighted by molar-refractivity contribution is 5.02. The minimum atomic E-state index is 0.373. The highest BCUT2D eigenvalue weighted by Crippen LogP contribution is 2.37. The predicted octanol–water partition coefficient (Wildman–Crippen LogP) is 3.74. The van der Waals surface area contributed by atoms with Crippen LogP contribution in [0.4, 0.5) is 0 Å². The largest absolute Gasteiger partial charge is 0.339 e. The topological polar surface area (TPSA) is 64.9 Å². The molecule has 1 aromatic heterocycles. The number of nitrogens with two attached hydrogens (primary N) is 1. The first-order valence-electron chi connectivity index (χ1n) is 8.35. The first kappa shape index (κ1) is 14.1. The first-order chi connectivity index (χ1) is 9.76. The van der Waals surface area contributed by atoms with Gasteiger partial charge in [0.1, 0.15) is 0 Å². The Kier molecular flexibility index (Phi) is 4.39. The van der Waals surface area contributed by atoms with E-state index in [1.54, 1.807) is 0 Å². The average Bonchev–Trinajstić information content (AvgIpc) is 2.98. The average molecular weight is 277 g/mol. The predicted molar refractivity (Wildman–Crippen MR) is 78.5 cm³/mol. The Hall–Kier alpha value is -0.900. The minimum absolute atomic E-state index is 0.373. The summed E-state index contributed by atoms with van der Waals surface area (Å²) >= 11 is 0. The summed E-state index contributed by atoms with van der Waals surface area (Å²) in [6.45, 7) is 2.30. The van der Waals surface area contributed by atoms with Crippen LogP contribution in [0.1, 0.15) is 88.3 Å². The van der Waals surface area contributed by atoms with E-state index < -0.39 is 0 Å². The fraction of sp³-hybridized carbons (Fsp3) is 0.875. The third-order valence-electron chi connectivity index (χ3n) is 5.37. The molecule has 0 aromatic carbocycles. The van der Waals surface area contributed by atoms with E-state index >= 15 is 0 Å². The van der Waals surface area contributed by atoms with Crippen LogP contribution < -0.4 is 5.73 Å². The van der Waals surface area contributed by atoms with Crippen molar-refractivity contribution in [2.24, 2.45) is 11.7 Å². The summed E-state index contributed by atoms with van der Waals surface area (Å²) in [7, 11) is 0. The summed E-state index contributed by atoms with van der Waals surface area (Å²) in [6.07, 6.45) is 10.8. The molecular weight excluding hydrogens is 250 g/mol. The van der Waals surface area contributed by atoms with Crippen LogP contribution in [0.5, 0.6) is 0 Å². The van der Waals surface area contributed by atoms with Crippen molar-refractivity contribution < 1.29 is 4.52 Å². The van der Waals surface area contributed by atoms with Crippen molar-refractivity contribution in [2.45, 2.75) is 82.6 Å². The Bertz CT molecular complexity index is 415. The number of nitrogens with zero attached hydrogens (tertiary/aromatic N) is 2. The molecule has 0 saturated heterocycles. The van der Waals surface area contributed by atoms with Crippen molar-refractivity contribution >= 4 is 0 Å². The molecule has 2 aliphatic rings. The van der Waals surface area contributed by atoms with Crippen molar-refractivity contribution in [3.8, 4) is 0 Å². The fourth-order valence-corrected chi connectivity index (χ4v) is 3.77. The zero-order valence-corrected chi connectivity index (χ0v) is 12.6. The quantitative estimate of drug-likeness (QED) is 0.914. The zero-order valence-electron chi connectivity index (χ0n) is 12.6. The van der Waals surface area contributed by atoms with Crippen LogP contribution in [0, 0.1) is 5.92 Å². The Labute approximate surface area is 121 Å². The third kappa shape index (κ3) is 3.05. The molecule has 4 nitrogen and oxygen atoms in total. The molecule has 20 heavy (non-hydrogen) atoms. The molecule has 3 rings (SSSR count). The van der Waals surface area contributed by atoms with E-state index in [9.17, 15) is 0 Å². The van der Waals surface area contributed by atoms with Crippen LogP contribution in [0.3, 0.4) is 0 Å². The third-order valence-corrected chi connectivity index (χ3v) is 5.37. The van der Waals surface area contributed by atoms with Crippen molar-refractivity contribution in [3.05, 3.63) is 11.7 Å². The van der Waals surface area contributed by atoms with Crippen LogP contribution in [0.2, 0.25) is 0 Å². The Morgan fingerprint density at radius 2 is 1.65 bits per heavy atom. The van der Waals surface area contributed by atoms with Crippen LogP contribution in [0.25, 0.3) is 0 Å². The van der Waals surface area contributed by atoms with Gasteiger partial charge in [0.25, 0.3) is 0 Å². The van der Waals surface area contributed by atoms with Crippen LogP contribution in [0.15, 0.2) is 4.52 Å². The molecule has 2 N–H and O–H groups in total. The maximum Gasteiger partial charge on any atom is 0.229 e. The number of hydrogen-bond donors (Lipinski definition) is 1. The SMILES string of the molecule is CCC1CCC(c2noc(C3CCC(N)CC3)n2)CC1. The van der Waals surface area contributed by atoms with Gasteiger partial charge < -0.3 is 10.3 Å². The summed E-state index contributed by atoms with van der Waals surface area (Å²) in [4.78, 5) is 4.71. The molecule has 0 radical (unpaired) electrons. The lowest BCUT2D eigenvalue weighted by atomic mass is 9.80. The van der Waals surface area contributed by atoms with Crippen molar-refractivity contribution in [3.63, 3.8) is 0 Å². The van der Waals surface area contributed by atoms with E-state index in [-0.39, 0.29) is 0 Å². The van der Waals surface area contributed by atoms with Gasteiger partial charge in [0.15, 0.2) is 5.82 Å². The van der Waals surface area contributed by atoms with Crippen molar-refractivity contribution in [1.82, 2.24) is 10.1 Å². The fourth-order valence-electron chi connectivity index (χ4n) is 3.77. The van der Waals surface area contributed by atoms with E-state index in [4.69, 9.17) is 15.2 Å². The summed E-state index contributed by atoms with van der Waals surface area (Å²) < 4.78 is 5.54. The standard InChI is InChI=1S/C16H27N3O/c1-2-11-3-5-12(6-4-11)15-18-16(20-19-15)13-7-9-14(17)10-8-13/h11-14H,2-10,17H2,1H3. The van der Waals surface area contributed by atoms with Crippen LogP contribution in [-0.4, -0.2) is 16.2 Å². The van der Waals surface area contributed by atoms with Gasteiger partial charge in [-0.05, 0) is 57.3 Å². The molecule has 1 aromatic rings. The van der Waals surface area contributed by atoms with Gasteiger partial charge in [0.2, 0.25) is 5.89 Å². The number of hydrogen-bond acceptors (Lipinski definition) is 4. The van der Waals surface area contributed by atoms with Gasteiger partial charge in [-0.25, -0.2) is 0 Å². The van der Waals surface area contributed by atoms with Gasteiger partial charge in [0, 0.05) is 17.9 Å². The molecule has 2 saturated carbocycles. The van der Waals surface area contributed by atoms with Crippen molar-refractivity contribution in [1.29, 1.82) is 0 Å². The Balaban J connectivity index is 1.59. The molecule has 4 heteroatoms. The van der Waals surface area contributed by atoms with E-state index in [0.717, 1.165) is 43.3 Å². The number of rotatable bonds is 3. The molecule has 0 atom stereocenters. The molecule has 2 fully saturated rings. The summed E-state index contributed by atoms with van der Waals surface area (Å²) in [5.41, 5.74) is 5.96. The molecule has 0 aliphatic heterocycles. The smallest absolute Gasteiger partial charge is 0.229 e. The number of aromatic nitrogens is 2. The lowest BCUT2D eigenvalue weighted by molar-refractivity contribution is 0.289. The maximum absolute atomic E-state index is 5.96. The second-order valence-electron chi connectivity index (χ2n) is 6.73. The second kappa shape index (κ2) is 6.25. The van der Waals surface area contributed by atoms with Crippen molar-refractivity contribution in [2.75, 3.05) is 0 Å². The highest BCUT2D eigenvalue weighted by Gasteiger charge is 2.28. The first-order valence-corrected chi connectivity index (χ1v) is 8.35. The van der Waals surface area contributed by atoms with Gasteiger partial charge >= 0.3 is 0 Å². The Morgan fingerprint density at radius 3 is 2.30 bits per heavy atom. The molecule has 0 amide bonds. The lowest BCUT2D eigenvalue weighted by Gasteiger charge is -2.25. The van der Waals surface area contributed by atoms with Crippen LogP contribution in [-0.2, 0) is 0 Å². The van der Waals surface area contributed by atoms with Crippen LogP contribution >= 0.6 is 0 Å². The van der Waals surface area contributed by atoms with Gasteiger partial charge in [-0.1, -0.05) is 18.5 Å². The van der Waals surface area contributed by atoms with E-state index in [2.05, 4.69) is 12.1 Å². The molecule has 2 aliphatic carbocycles. The molecular formula is C16H27N3O. The summed E-state index contributed by atoms with van der Waals surface area (Å²) in [5, 5.41) is 4.27. The van der Waals surface area contributed by atoms with Gasteiger partial charge in [0.05, 0.1) is 0 Å². The van der Waals surface area contributed by atoms with Gasteiger partial charge in [-0.2, -0.15) is 4.98 Å². The second-order valence-corrected chi connectivity index (χ2v) is 6.73. The zero-order chi connectivity index (χ0) is 13.9. The highest BCUT2D eigenvalue weighted by atomic mass is 16.5. The molecule has 112 valence electrons. The Morgan fingerprint density at radius 1 is 1.00 bits per heavy atom. The molecule has 0 bridgehead atoms. The maximum atomic E-state index is 5.96. The van der Waals surface area contributed by atoms with Gasteiger partial charge in [-0.15, -0.1) is 0 Å². The molecule has 1 heterocycles. The normalized spacial score (nSPS) is 35.1.